The van der Waals surface area contributed by atoms with E-state index in [1.54, 1.807) is 12.1 Å². The highest BCUT2D eigenvalue weighted by Gasteiger charge is 2.57. The fraction of sp³-hybridized carbons (Fsp3) is 0.120. The highest BCUT2D eigenvalue weighted by atomic mass is 35.5. The third-order valence-electron chi connectivity index (χ3n) is 5.87. The Kier molecular flexibility index (Phi) is 5.56. The van der Waals surface area contributed by atoms with Crippen LogP contribution in [0.2, 0.25) is 5.15 Å². The summed E-state index contributed by atoms with van der Waals surface area (Å²) in [6.45, 7) is 0. The van der Waals surface area contributed by atoms with Crippen molar-refractivity contribution in [1.82, 2.24) is 9.97 Å². The van der Waals surface area contributed by atoms with Gasteiger partial charge >= 0.3 is 0 Å². The Morgan fingerprint density at radius 1 is 0.971 bits per heavy atom. The number of fused-ring (bicyclic) bond motifs is 1. The number of anilines is 2. The van der Waals surface area contributed by atoms with Crippen LogP contribution in [0.1, 0.15) is 12.8 Å². The molecule has 0 spiro atoms. The predicted molar refractivity (Wildman–Crippen MR) is 125 cm³/mol. The number of benzene rings is 2. The van der Waals surface area contributed by atoms with Crippen LogP contribution in [0.25, 0.3) is 10.9 Å². The van der Waals surface area contributed by atoms with E-state index in [0.29, 0.717) is 16.7 Å². The first-order valence-corrected chi connectivity index (χ1v) is 10.9. The van der Waals surface area contributed by atoms with Crippen molar-refractivity contribution in [3.05, 3.63) is 83.8 Å². The summed E-state index contributed by atoms with van der Waals surface area (Å²) in [4.78, 5) is 34.7. The maximum absolute atomic E-state index is 15.2. The molecule has 0 unspecified atom stereocenters. The Hall–Kier alpha value is -4.11. The summed E-state index contributed by atoms with van der Waals surface area (Å²) >= 11 is 5.91. The van der Waals surface area contributed by atoms with Crippen LogP contribution in [0, 0.1) is 17.0 Å². The molecule has 1 aliphatic carbocycles. The zero-order valence-corrected chi connectivity index (χ0v) is 18.8. The number of carbonyl (C=O) groups excluding carboxylic acids is 2. The van der Waals surface area contributed by atoms with Crippen LogP contribution in [0.4, 0.5) is 20.2 Å². The summed E-state index contributed by atoms with van der Waals surface area (Å²) in [5.74, 6) is -2.44. The minimum Gasteiger partial charge on any atom is -0.453 e. The fourth-order valence-electron chi connectivity index (χ4n) is 3.79. The molecule has 0 bridgehead atoms. The van der Waals surface area contributed by atoms with Gasteiger partial charge in [-0.1, -0.05) is 11.6 Å². The van der Waals surface area contributed by atoms with E-state index in [1.165, 1.54) is 48.8 Å². The number of primary amides is 1. The number of nitrogens with two attached hydrogens (primary N) is 1. The van der Waals surface area contributed by atoms with Gasteiger partial charge in [-0.25, -0.2) is 13.8 Å². The molecule has 176 valence electrons. The van der Waals surface area contributed by atoms with Gasteiger partial charge in [-0.2, -0.15) is 0 Å². The van der Waals surface area contributed by atoms with Crippen LogP contribution in [0.5, 0.6) is 11.5 Å². The van der Waals surface area contributed by atoms with E-state index in [4.69, 9.17) is 22.1 Å². The zero-order chi connectivity index (χ0) is 24.7. The van der Waals surface area contributed by atoms with Crippen molar-refractivity contribution in [3.63, 3.8) is 0 Å². The molecule has 1 fully saturated rings. The Balaban J connectivity index is 1.52. The van der Waals surface area contributed by atoms with Crippen molar-refractivity contribution in [2.45, 2.75) is 12.8 Å². The third-order valence-corrected chi connectivity index (χ3v) is 6.07. The Morgan fingerprint density at radius 3 is 2.34 bits per heavy atom. The standard InChI is InChI=1S/C25H17ClF2N4O3/c26-22-12-19-17(13-31-22)20(7-10-30-19)35-21-6-5-16(11-18(21)28)32(15-3-1-14(27)2-4-15)24(34)25(8-9-25)23(29)33/h1-7,10-13H,8-9H2,(H2,29,33). The molecular weight excluding hydrogens is 478 g/mol. The average Bonchev–Trinajstić information content (AvgIpc) is 3.64. The first-order chi connectivity index (χ1) is 16.8. The summed E-state index contributed by atoms with van der Waals surface area (Å²) in [7, 11) is 0. The van der Waals surface area contributed by atoms with Gasteiger partial charge in [0.15, 0.2) is 11.6 Å². The van der Waals surface area contributed by atoms with Gasteiger partial charge in [-0.3, -0.25) is 19.5 Å². The van der Waals surface area contributed by atoms with Crippen LogP contribution in [0.3, 0.4) is 0 Å². The van der Waals surface area contributed by atoms with E-state index in [0.717, 1.165) is 11.0 Å². The number of halogens is 3. The molecule has 0 aliphatic heterocycles. The van der Waals surface area contributed by atoms with Crippen LogP contribution < -0.4 is 15.4 Å². The molecular formula is C25H17ClF2N4O3. The highest BCUT2D eigenvalue weighted by Crippen LogP contribution is 2.49. The van der Waals surface area contributed by atoms with Gasteiger partial charge < -0.3 is 10.5 Å². The predicted octanol–water partition coefficient (Wildman–Crippen LogP) is 5.28. The van der Waals surface area contributed by atoms with Crippen LogP contribution in [0.15, 0.2) is 67.0 Å². The SMILES string of the molecule is NC(=O)C1(C(=O)N(c2ccc(F)cc2)c2ccc(Oc3ccnc4cc(Cl)ncc34)c(F)c2)CC1. The summed E-state index contributed by atoms with van der Waals surface area (Å²) in [6, 6.07) is 12.1. The number of amides is 2. The van der Waals surface area contributed by atoms with Crippen molar-refractivity contribution >= 4 is 45.7 Å². The molecule has 7 nitrogen and oxygen atoms in total. The molecule has 5 rings (SSSR count). The molecule has 2 heterocycles. The second kappa shape index (κ2) is 8.59. The number of hydrogen-bond donors (Lipinski definition) is 1. The normalized spacial score (nSPS) is 13.9. The molecule has 2 aromatic carbocycles. The van der Waals surface area contributed by atoms with Crippen molar-refractivity contribution in [2.24, 2.45) is 11.1 Å². The lowest BCUT2D eigenvalue weighted by molar-refractivity contribution is -0.133. The maximum atomic E-state index is 15.2. The third kappa shape index (κ3) is 4.15. The van der Waals surface area contributed by atoms with Crippen molar-refractivity contribution < 1.29 is 23.1 Å². The molecule has 0 radical (unpaired) electrons. The quantitative estimate of drug-likeness (QED) is 0.290. The van der Waals surface area contributed by atoms with Crippen LogP contribution >= 0.6 is 11.6 Å². The summed E-state index contributed by atoms with van der Waals surface area (Å²) in [6.07, 6.45) is 3.54. The first kappa shape index (κ1) is 22.7. The second-order valence-corrected chi connectivity index (χ2v) is 8.50. The van der Waals surface area contributed by atoms with E-state index < -0.39 is 28.9 Å². The topological polar surface area (TPSA) is 98.4 Å². The number of pyridine rings is 2. The minimum atomic E-state index is -1.37. The van der Waals surface area contributed by atoms with Crippen LogP contribution in [-0.4, -0.2) is 21.8 Å². The van der Waals surface area contributed by atoms with Crippen molar-refractivity contribution in [3.8, 4) is 11.5 Å². The van der Waals surface area contributed by atoms with E-state index in [-0.39, 0.29) is 35.1 Å². The molecule has 0 saturated heterocycles. The average molecular weight is 495 g/mol. The molecule has 2 aromatic heterocycles. The van der Waals surface area contributed by atoms with E-state index in [1.807, 2.05) is 0 Å². The summed E-state index contributed by atoms with van der Waals surface area (Å²) in [5, 5.41) is 0.785. The van der Waals surface area contributed by atoms with Gasteiger partial charge in [0.1, 0.15) is 22.1 Å². The number of hydrogen-bond acceptors (Lipinski definition) is 5. The smallest absolute Gasteiger partial charge is 0.247 e. The number of ether oxygens (including phenoxy) is 1. The minimum absolute atomic E-state index is 0.112. The lowest BCUT2D eigenvalue weighted by Crippen LogP contribution is -2.41. The maximum Gasteiger partial charge on any atom is 0.247 e. The Bertz CT molecular complexity index is 1480. The molecule has 4 aromatic rings. The summed E-state index contributed by atoms with van der Waals surface area (Å²) in [5.41, 5.74) is 5.03. The molecule has 1 aliphatic rings. The lowest BCUT2D eigenvalue weighted by Gasteiger charge is -2.26. The van der Waals surface area contributed by atoms with E-state index in [9.17, 15) is 14.0 Å². The largest absolute Gasteiger partial charge is 0.453 e. The Labute approximate surface area is 203 Å². The molecule has 2 N–H and O–H groups in total. The van der Waals surface area contributed by atoms with Gasteiger partial charge in [0.05, 0.1) is 16.6 Å². The number of rotatable bonds is 6. The summed E-state index contributed by atoms with van der Waals surface area (Å²) < 4.78 is 34.5. The number of aromatic nitrogens is 2. The fourth-order valence-corrected chi connectivity index (χ4v) is 3.94. The number of carbonyl (C=O) groups is 2. The lowest BCUT2D eigenvalue weighted by atomic mass is 10.0. The highest BCUT2D eigenvalue weighted by molar-refractivity contribution is 6.30. The monoisotopic (exact) mass is 494 g/mol. The van der Waals surface area contributed by atoms with Crippen molar-refractivity contribution in [1.29, 1.82) is 0 Å². The molecule has 0 atom stereocenters. The van der Waals surface area contributed by atoms with Gasteiger partial charge in [-0.05, 0) is 55.3 Å². The molecule has 1 saturated carbocycles. The number of nitrogens with zero attached hydrogens (tertiary/aromatic N) is 3. The van der Waals surface area contributed by atoms with Gasteiger partial charge in [0.25, 0.3) is 0 Å². The zero-order valence-electron chi connectivity index (χ0n) is 18.0. The van der Waals surface area contributed by atoms with E-state index >= 15 is 4.39 Å². The van der Waals surface area contributed by atoms with Gasteiger partial charge in [-0.15, -0.1) is 0 Å². The second-order valence-electron chi connectivity index (χ2n) is 8.11. The van der Waals surface area contributed by atoms with Gasteiger partial charge in [0, 0.05) is 30.2 Å². The molecule has 10 heteroatoms. The first-order valence-electron chi connectivity index (χ1n) is 10.6. The Morgan fingerprint density at radius 2 is 1.69 bits per heavy atom. The molecule has 35 heavy (non-hydrogen) atoms. The van der Waals surface area contributed by atoms with Crippen LogP contribution in [-0.2, 0) is 9.59 Å². The van der Waals surface area contributed by atoms with Gasteiger partial charge in [0.2, 0.25) is 11.8 Å². The van der Waals surface area contributed by atoms with E-state index in [2.05, 4.69) is 9.97 Å². The van der Waals surface area contributed by atoms with Crippen molar-refractivity contribution in [2.75, 3.05) is 4.90 Å². The molecule has 2 amide bonds.